The maximum atomic E-state index is 12.8. The first-order valence-electron chi connectivity index (χ1n) is 7.61. The van der Waals surface area contributed by atoms with Crippen molar-refractivity contribution >= 4 is 7.82 Å². The first kappa shape index (κ1) is 18.3. The molecule has 0 saturated heterocycles. The Hall–Kier alpha value is -2.09. The van der Waals surface area contributed by atoms with Gasteiger partial charge in [0.05, 0.1) is 13.2 Å². The number of hydrogen-bond acceptors (Lipinski definition) is 4. The predicted molar refractivity (Wildman–Crippen MR) is 94.1 cm³/mol. The molecule has 0 radical (unpaired) electrons. The average molecular weight is 344 g/mol. The molecule has 2 aromatic rings. The molecule has 2 aromatic carbocycles. The lowest BCUT2D eigenvalue weighted by Gasteiger charge is -2.16. The van der Waals surface area contributed by atoms with Crippen molar-refractivity contribution in [2.45, 2.75) is 27.1 Å². The monoisotopic (exact) mass is 344 g/mol. The molecule has 4 nitrogen and oxygen atoms in total. The van der Waals surface area contributed by atoms with E-state index in [1.165, 1.54) is 6.26 Å². The molecule has 24 heavy (non-hydrogen) atoms. The average Bonchev–Trinajstić information content (AvgIpc) is 2.60. The van der Waals surface area contributed by atoms with Gasteiger partial charge in [-0.05, 0) is 30.5 Å². The van der Waals surface area contributed by atoms with Crippen LogP contribution in [0.4, 0.5) is 0 Å². The minimum absolute atomic E-state index is 0.134. The van der Waals surface area contributed by atoms with Gasteiger partial charge in [-0.3, -0.25) is 9.05 Å². The van der Waals surface area contributed by atoms with Crippen LogP contribution >= 0.6 is 7.82 Å². The molecule has 0 N–H and O–H groups in total. The molecule has 0 heterocycles. The maximum absolute atomic E-state index is 12.8. The van der Waals surface area contributed by atoms with Gasteiger partial charge in [0.15, 0.2) is 0 Å². The molecule has 2 rings (SSSR count). The lowest BCUT2D eigenvalue weighted by Crippen LogP contribution is -1.99. The van der Waals surface area contributed by atoms with E-state index in [9.17, 15) is 4.57 Å². The van der Waals surface area contributed by atoms with Gasteiger partial charge in [0.1, 0.15) is 6.26 Å². The molecule has 0 aliphatic rings. The molecule has 0 spiro atoms. The molecule has 0 unspecified atom stereocenters. The third-order valence-corrected chi connectivity index (χ3v) is 4.25. The maximum Gasteiger partial charge on any atom is 0.530 e. The van der Waals surface area contributed by atoms with Gasteiger partial charge in [0, 0.05) is 0 Å². The molecule has 0 saturated carbocycles. The van der Waals surface area contributed by atoms with Crippen molar-refractivity contribution in [3.63, 3.8) is 0 Å². The highest BCUT2D eigenvalue weighted by molar-refractivity contribution is 7.48. The number of allylic oxidation sites excluding steroid dienone is 1. The second-order valence-corrected chi connectivity index (χ2v) is 6.95. The van der Waals surface area contributed by atoms with E-state index in [0.29, 0.717) is 0 Å². The van der Waals surface area contributed by atoms with Crippen molar-refractivity contribution in [1.82, 2.24) is 0 Å². The fraction of sp³-hybridized carbons (Fsp3) is 0.211. The van der Waals surface area contributed by atoms with E-state index in [2.05, 4.69) is 5.73 Å². The fourth-order valence-electron chi connectivity index (χ4n) is 1.76. The van der Waals surface area contributed by atoms with Crippen LogP contribution in [-0.2, 0) is 31.4 Å². The first-order valence-corrected chi connectivity index (χ1v) is 9.07. The standard InChI is InChI=1S/C19H21O4P/c1-17(2)13-14-21-24(20,22-15-18-9-5-3-6-10-18)23-16-19-11-7-4-8-12-19/h3-12,14H,15-16H2,1-2H3. The molecule has 0 atom stereocenters. The predicted octanol–water partition coefficient (Wildman–Crippen LogP) is 5.62. The van der Waals surface area contributed by atoms with Crippen molar-refractivity contribution in [2.75, 3.05) is 0 Å². The number of phosphoric ester groups is 1. The van der Waals surface area contributed by atoms with Crippen molar-refractivity contribution < 1.29 is 18.1 Å². The second kappa shape index (κ2) is 9.27. The Labute approximate surface area is 143 Å². The normalized spacial score (nSPS) is 10.8. The van der Waals surface area contributed by atoms with E-state index in [1.54, 1.807) is 0 Å². The van der Waals surface area contributed by atoms with E-state index in [0.717, 1.165) is 16.7 Å². The summed E-state index contributed by atoms with van der Waals surface area (Å²) in [5.74, 6) is 0. The van der Waals surface area contributed by atoms with E-state index in [-0.39, 0.29) is 13.2 Å². The highest BCUT2D eigenvalue weighted by atomic mass is 31.2. The lowest BCUT2D eigenvalue weighted by atomic mass is 10.2. The molecular formula is C19H21O4P. The molecular weight excluding hydrogens is 323 g/mol. The van der Waals surface area contributed by atoms with Crippen LogP contribution < -0.4 is 0 Å². The molecule has 0 amide bonds. The first-order chi connectivity index (χ1) is 11.6. The van der Waals surface area contributed by atoms with Crippen molar-refractivity contribution in [1.29, 1.82) is 0 Å². The Kier molecular flexibility index (Phi) is 7.05. The summed E-state index contributed by atoms with van der Waals surface area (Å²) in [6.07, 6.45) is 1.23. The van der Waals surface area contributed by atoms with Crippen LogP contribution in [0.3, 0.4) is 0 Å². The SMILES string of the molecule is CC(C)=C=COP(=O)(OCc1ccccc1)OCc1ccccc1. The third kappa shape index (κ3) is 6.57. The zero-order valence-electron chi connectivity index (χ0n) is 13.8. The van der Waals surface area contributed by atoms with Crippen molar-refractivity contribution in [3.05, 3.63) is 89.4 Å². The minimum Gasteiger partial charge on any atom is -0.403 e. The summed E-state index contributed by atoms with van der Waals surface area (Å²) >= 11 is 0. The second-order valence-electron chi connectivity index (χ2n) is 5.33. The van der Waals surface area contributed by atoms with Gasteiger partial charge in [0.25, 0.3) is 0 Å². The van der Waals surface area contributed by atoms with Crippen LogP contribution in [0.2, 0.25) is 0 Å². The molecule has 0 aliphatic heterocycles. The number of hydrogen-bond donors (Lipinski definition) is 0. The van der Waals surface area contributed by atoms with Gasteiger partial charge in [-0.2, -0.15) is 0 Å². The van der Waals surface area contributed by atoms with Gasteiger partial charge in [-0.25, -0.2) is 4.57 Å². The van der Waals surface area contributed by atoms with Crippen LogP contribution in [0.25, 0.3) is 0 Å². The Balaban J connectivity index is 2.05. The molecule has 5 heteroatoms. The van der Waals surface area contributed by atoms with E-state index in [4.69, 9.17) is 13.6 Å². The number of phosphoric acid groups is 1. The highest BCUT2D eigenvalue weighted by Crippen LogP contribution is 2.51. The van der Waals surface area contributed by atoms with Crippen LogP contribution in [-0.4, -0.2) is 0 Å². The third-order valence-electron chi connectivity index (χ3n) is 2.99. The number of rotatable bonds is 8. The van der Waals surface area contributed by atoms with E-state index < -0.39 is 7.82 Å². The number of benzene rings is 2. The molecule has 0 fully saturated rings. The fourth-order valence-corrected chi connectivity index (χ4v) is 2.75. The van der Waals surface area contributed by atoms with Gasteiger partial charge in [-0.1, -0.05) is 66.4 Å². The Morgan fingerprint density at radius 3 is 1.79 bits per heavy atom. The smallest absolute Gasteiger partial charge is 0.403 e. The topological polar surface area (TPSA) is 44.8 Å². The summed E-state index contributed by atoms with van der Waals surface area (Å²) in [5.41, 5.74) is 5.50. The summed E-state index contributed by atoms with van der Waals surface area (Å²) in [4.78, 5) is 0. The summed E-state index contributed by atoms with van der Waals surface area (Å²) < 4.78 is 28.9. The van der Waals surface area contributed by atoms with Gasteiger partial charge in [0.2, 0.25) is 0 Å². The largest absolute Gasteiger partial charge is 0.530 e. The zero-order valence-corrected chi connectivity index (χ0v) is 14.7. The summed E-state index contributed by atoms with van der Waals surface area (Å²) in [5, 5.41) is 0. The van der Waals surface area contributed by atoms with Crippen LogP contribution in [0, 0.1) is 0 Å². The van der Waals surface area contributed by atoms with Gasteiger partial charge >= 0.3 is 7.82 Å². The van der Waals surface area contributed by atoms with E-state index in [1.807, 2.05) is 74.5 Å². The van der Waals surface area contributed by atoms with Gasteiger partial charge in [-0.15, -0.1) is 0 Å². The molecule has 126 valence electrons. The summed E-state index contributed by atoms with van der Waals surface area (Å²) in [7, 11) is -3.74. The lowest BCUT2D eigenvalue weighted by molar-refractivity contribution is 0.131. The summed E-state index contributed by atoms with van der Waals surface area (Å²) in [6.45, 7) is 3.99. The highest BCUT2D eigenvalue weighted by Gasteiger charge is 2.27. The molecule has 0 aromatic heterocycles. The van der Waals surface area contributed by atoms with E-state index >= 15 is 0 Å². The van der Waals surface area contributed by atoms with Crippen LogP contribution in [0.5, 0.6) is 0 Å². The van der Waals surface area contributed by atoms with Crippen molar-refractivity contribution in [2.24, 2.45) is 0 Å². The summed E-state index contributed by atoms with van der Waals surface area (Å²) in [6, 6.07) is 18.9. The Bertz CT molecular complexity index is 683. The van der Waals surface area contributed by atoms with Crippen LogP contribution in [0.15, 0.2) is 78.2 Å². The quantitative estimate of drug-likeness (QED) is 0.354. The van der Waals surface area contributed by atoms with Crippen molar-refractivity contribution in [3.8, 4) is 0 Å². The Morgan fingerprint density at radius 1 is 0.917 bits per heavy atom. The Morgan fingerprint density at radius 2 is 1.38 bits per heavy atom. The van der Waals surface area contributed by atoms with Gasteiger partial charge < -0.3 is 4.52 Å². The molecule has 0 aliphatic carbocycles. The van der Waals surface area contributed by atoms with Crippen LogP contribution in [0.1, 0.15) is 25.0 Å². The minimum atomic E-state index is -3.74. The zero-order chi connectivity index (χ0) is 17.3. The molecule has 0 bridgehead atoms.